The van der Waals surface area contributed by atoms with Gasteiger partial charge in [0.1, 0.15) is 11.5 Å². The Morgan fingerprint density at radius 1 is 0.808 bits per heavy atom. The van der Waals surface area contributed by atoms with Crippen LogP contribution < -0.4 is 0 Å². The summed E-state index contributed by atoms with van der Waals surface area (Å²) < 4.78 is 0. The molecule has 0 heterocycles. The summed E-state index contributed by atoms with van der Waals surface area (Å²) in [6.45, 7) is 0. The maximum atomic E-state index is 9.71. The predicted molar refractivity (Wildman–Crippen MR) is 109 cm³/mol. The Balaban J connectivity index is 2.10. The first-order valence-electron chi connectivity index (χ1n) is 9.57. The maximum absolute atomic E-state index is 9.71. The number of aromatic hydroxyl groups is 2. The highest BCUT2D eigenvalue weighted by atomic mass is 35.5. The van der Waals surface area contributed by atoms with Crippen molar-refractivity contribution in [3.63, 3.8) is 0 Å². The Hall–Kier alpha value is -1.93. The van der Waals surface area contributed by atoms with Crippen LogP contribution in [-0.2, 0) is 0 Å². The molecule has 0 saturated heterocycles. The zero-order valence-corrected chi connectivity index (χ0v) is 15.9. The van der Waals surface area contributed by atoms with Crippen LogP contribution in [0.5, 0.6) is 11.5 Å². The van der Waals surface area contributed by atoms with Gasteiger partial charge >= 0.3 is 0 Å². The van der Waals surface area contributed by atoms with Crippen molar-refractivity contribution >= 4 is 17.2 Å². The molecule has 2 N–H and O–H groups in total. The quantitative estimate of drug-likeness (QED) is 0.431. The van der Waals surface area contributed by atoms with Crippen molar-refractivity contribution in [2.75, 3.05) is 5.88 Å². The highest BCUT2D eigenvalue weighted by Gasteiger charge is 2.23. The lowest BCUT2D eigenvalue weighted by atomic mass is 9.83. The fourth-order valence-electron chi connectivity index (χ4n) is 4.01. The molecule has 2 nitrogen and oxygen atoms in total. The molecule has 0 amide bonds. The van der Waals surface area contributed by atoms with Gasteiger partial charge < -0.3 is 10.2 Å². The molecule has 3 rings (SSSR count). The Labute approximate surface area is 161 Å². The van der Waals surface area contributed by atoms with E-state index in [0.717, 1.165) is 30.4 Å². The minimum atomic E-state index is 0.281. The molecule has 3 heteroatoms. The van der Waals surface area contributed by atoms with Gasteiger partial charge in [-0.05, 0) is 79.0 Å². The number of rotatable bonds is 7. The first-order chi connectivity index (χ1) is 12.7. The lowest BCUT2D eigenvalue weighted by molar-refractivity contribution is 0.475. The molecular formula is C23H27ClO2. The molecule has 0 atom stereocenters. The summed E-state index contributed by atoms with van der Waals surface area (Å²) >= 11 is 5.92. The van der Waals surface area contributed by atoms with Crippen LogP contribution >= 0.6 is 11.6 Å². The third kappa shape index (κ3) is 4.62. The van der Waals surface area contributed by atoms with Crippen LogP contribution in [0, 0.1) is 5.92 Å². The number of unbranched alkanes of at least 4 members (excludes halogenated alkanes) is 1. The van der Waals surface area contributed by atoms with Crippen LogP contribution in [0.2, 0.25) is 0 Å². The third-order valence-corrected chi connectivity index (χ3v) is 5.58. The molecule has 0 aliphatic heterocycles. The molecule has 2 aromatic rings. The number of halogens is 1. The van der Waals surface area contributed by atoms with E-state index >= 15 is 0 Å². The van der Waals surface area contributed by atoms with E-state index < -0.39 is 0 Å². The number of phenols is 2. The van der Waals surface area contributed by atoms with Crippen molar-refractivity contribution in [1.29, 1.82) is 0 Å². The highest BCUT2D eigenvalue weighted by Crippen LogP contribution is 2.41. The minimum absolute atomic E-state index is 0.281. The largest absolute Gasteiger partial charge is 0.508 e. The van der Waals surface area contributed by atoms with E-state index in [1.165, 1.54) is 36.8 Å². The monoisotopic (exact) mass is 370 g/mol. The van der Waals surface area contributed by atoms with Gasteiger partial charge in [0.15, 0.2) is 0 Å². The van der Waals surface area contributed by atoms with Crippen molar-refractivity contribution in [3.8, 4) is 11.5 Å². The molecule has 26 heavy (non-hydrogen) atoms. The summed E-state index contributed by atoms with van der Waals surface area (Å²) in [4.78, 5) is 0. The standard InChI is InChI=1S/C23H27ClO2/c24-16-4-3-7-22(17-5-1-2-6-17)23(18-8-12-20(25)13-9-18)19-10-14-21(26)15-11-19/h8-15,17,25-26H,1-7,16H2. The molecule has 1 aliphatic rings. The van der Waals surface area contributed by atoms with Gasteiger partial charge in [-0.15, -0.1) is 11.6 Å². The second kappa shape index (κ2) is 9.14. The van der Waals surface area contributed by atoms with Crippen LogP contribution in [0.1, 0.15) is 56.1 Å². The average molecular weight is 371 g/mol. The number of alkyl halides is 1. The minimum Gasteiger partial charge on any atom is -0.508 e. The number of hydrogen-bond acceptors (Lipinski definition) is 2. The Kier molecular flexibility index (Phi) is 6.62. The molecule has 1 aliphatic carbocycles. The second-order valence-corrected chi connectivity index (χ2v) is 7.50. The zero-order chi connectivity index (χ0) is 18.4. The van der Waals surface area contributed by atoms with E-state index in [-0.39, 0.29) is 11.5 Å². The smallest absolute Gasteiger partial charge is 0.115 e. The molecule has 1 fully saturated rings. The van der Waals surface area contributed by atoms with Crippen LogP contribution in [0.3, 0.4) is 0 Å². The van der Waals surface area contributed by atoms with Gasteiger partial charge in [0.2, 0.25) is 0 Å². The third-order valence-electron chi connectivity index (χ3n) is 5.31. The van der Waals surface area contributed by atoms with Crippen molar-refractivity contribution in [2.24, 2.45) is 5.92 Å². The fourth-order valence-corrected chi connectivity index (χ4v) is 4.20. The Morgan fingerprint density at radius 3 is 1.77 bits per heavy atom. The molecule has 138 valence electrons. The summed E-state index contributed by atoms with van der Waals surface area (Å²) in [5.41, 5.74) is 5.01. The van der Waals surface area contributed by atoms with Crippen LogP contribution in [-0.4, -0.2) is 16.1 Å². The van der Waals surface area contributed by atoms with Crippen molar-refractivity contribution in [1.82, 2.24) is 0 Å². The van der Waals surface area contributed by atoms with Gasteiger partial charge in [-0.1, -0.05) is 42.7 Å². The summed E-state index contributed by atoms with van der Waals surface area (Å²) in [5.74, 6) is 1.88. The highest BCUT2D eigenvalue weighted by molar-refractivity contribution is 6.17. The van der Waals surface area contributed by atoms with Crippen molar-refractivity contribution < 1.29 is 10.2 Å². The number of benzene rings is 2. The van der Waals surface area contributed by atoms with Gasteiger partial charge in [-0.25, -0.2) is 0 Å². The average Bonchev–Trinajstić information content (AvgIpc) is 3.18. The molecule has 0 unspecified atom stereocenters. The van der Waals surface area contributed by atoms with Crippen molar-refractivity contribution in [2.45, 2.75) is 44.9 Å². The lowest BCUT2D eigenvalue weighted by Crippen LogP contribution is -2.05. The normalized spacial score (nSPS) is 14.5. The first-order valence-corrected chi connectivity index (χ1v) is 10.1. The fraction of sp³-hybridized carbons (Fsp3) is 0.391. The summed E-state index contributed by atoms with van der Waals surface area (Å²) in [6, 6.07) is 15.0. The number of phenolic OH excluding ortho intramolecular Hbond substituents is 2. The molecule has 0 bridgehead atoms. The SMILES string of the molecule is Oc1ccc(C(=C(CCCCCl)C2CCCC2)c2ccc(O)cc2)cc1. The molecular weight excluding hydrogens is 344 g/mol. The maximum Gasteiger partial charge on any atom is 0.115 e. The molecule has 2 aromatic carbocycles. The Morgan fingerprint density at radius 2 is 1.31 bits per heavy atom. The van der Waals surface area contributed by atoms with Gasteiger partial charge in [0.25, 0.3) is 0 Å². The first kappa shape index (κ1) is 18.8. The van der Waals surface area contributed by atoms with Gasteiger partial charge in [-0.2, -0.15) is 0 Å². The van der Waals surface area contributed by atoms with E-state index in [4.69, 9.17) is 11.6 Å². The van der Waals surface area contributed by atoms with Crippen LogP contribution in [0.25, 0.3) is 5.57 Å². The molecule has 0 aromatic heterocycles. The zero-order valence-electron chi connectivity index (χ0n) is 15.1. The Bertz CT molecular complexity index is 678. The lowest BCUT2D eigenvalue weighted by Gasteiger charge is -2.22. The van der Waals surface area contributed by atoms with E-state index in [2.05, 4.69) is 0 Å². The van der Waals surface area contributed by atoms with Crippen LogP contribution in [0.4, 0.5) is 0 Å². The second-order valence-electron chi connectivity index (χ2n) is 7.12. The summed E-state index contributed by atoms with van der Waals surface area (Å²) in [7, 11) is 0. The van der Waals surface area contributed by atoms with Gasteiger partial charge in [0, 0.05) is 5.88 Å². The van der Waals surface area contributed by atoms with E-state index in [1.54, 1.807) is 24.3 Å². The van der Waals surface area contributed by atoms with Gasteiger partial charge in [0.05, 0.1) is 0 Å². The molecule has 0 spiro atoms. The van der Waals surface area contributed by atoms with E-state index in [0.29, 0.717) is 11.8 Å². The summed E-state index contributed by atoms with van der Waals surface area (Å²) in [6.07, 6.45) is 8.25. The van der Waals surface area contributed by atoms with E-state index in [1.807, 2.05) is 24.3 Å². The topological polar surface area (TPSA) is 40.5 Å². The number of allylic oxidation sites excluding steroid dienone is 1. The predicted octanol–water partition coefficient (Wildman–Crippen LogP) is 6.50. The molecule has 1 saturated carbocycles. The van der Waals surface area contributed by atoms with Gasteiger partial charge in [-0.3, -0.25) is 0 Å². The van der Waals surface area contributed by atoms with Crippen molar-refractivity contribution in [3.05, 3.63) is 65.2 Å². The molecule has 0 radical (unpaired) electrons. The van der Waals surface area contributed by atoms with Crippen LogP contribution in [0.15, 0.2) is 54.1 Å². The number of hydrogen-bond donors (Lipinski definition) is 2. The summed E-state index contributed by atoms with van der Waals surface area (Å²) in [5, 5.41) is 19.4. The van der Waals surface area contributed by atoms with E-state index in [9.17, 15) is 10.2 Å².